The molecule has 2 amide bonds. The Kier molecular flexibility index (Phi) is 7.99. The van der Waals surface area contributed by atoms with Gasteiger partial charge in [-0.25, -0.2) is 4.98 Å². The van der Waals surface area contributed by atoms with E-state index in [0.717, 1.165) is 11.3 Å². The molecule has 3 rings (SSSR count). The summed E-state index contributed by atoms with van der Waals surface area (Å²) in [5, 5.41) is 12.8. The fourth-order valence-electron chi connectivity index (χ4n) is 2.47. The minimum atomic E-state index is -0.263. The highest BCUT2D eigenvalue weighted by Gasteiger charge is 2.19. The second-order valence-corrected chi connectivity index (χ2v) is 9.58. The van der Waals surface area contributed by atoms with Crippen LogP contribution in [0.1, 0.15) is 21.2 Å². The number of nitrogens with one attached hydrogen (secondary N) is 1. The lowest BCUT2D eigenvalue weighted by molar-refractivity contribution is -0.113. The zero-order valence-corrected chi connectivity index (χ0v) is 20.8. The van der Waals surface area contributed by atoms with E-state index in [9.17, 15) is 9.59 Å². The standard InChI is InChI=1S/C19H20Cl2N6O3S2/c1-10-16(17(29)26(2)3)32-18(22-10)23-15(28)9-31-19-25-24-14(27(19)4)8-30-13-6-5-11(20)7-12(13)21/h5-7H,8-9H2,1-4H3,(H,22,23,28). The molecule has 0 unspecified atom stereocenters. The van der Waals surface area contributed by atoms with E-state index in [-0.39, 0.29) is 24.2 Å². The highest BCUT2D eigenvalue weighted by Crippen LogP contribution is 2.28. The third-order valence-electron chi connectivity index (χ3n) is 4.15. The molecule has 1 N–H and O–H groups in total. The summed E-state index contributed by atoms with van der Waals surface area (Å²) in [4.78, 5) is 30.7. The Morgan fingerprint density at radius 1 is 1.28 bits per heavy atom. The molecule has 3 aromatic rings. The van der Waals surface area contributed by atoms with Crippen LogP contribution < -0.4 is 10.1 Å². The molecule has 0 aliphatic carbocycles. The van der Waals surface area contributed by atoms with Gasteiger partial charge in [0, 0.05) is 26.2 Å². The second kappa shape index (κ2) is 10.5. The number of ether oxygens (including phenoxy) is 1. The van der Waals surface area contributed by atoms with Crippen molar-refractivity contribution in [3.8, 4) is 5.75 Å². The van der Waals surface area contributed by atoms with Crippen molar-refractivity contribution in [2.24, 2.45) is 7.05 Å². The largest absolute Gasteiger partial charge is 0.484 e. The lowest BCUT2D eigenvalue weighted by atomic mass is 10.3. The first-order valence-corrected chi connectivity index (χ1v) is 11.8. The van der Waals surface area contributed by atoms with E-state index in [1.54, 1.807) is 50.8 Å². The number of anilines is 1. The summed E-state index contributed by atoms with van der Waals surface area (Å²) in [5.74, 6) is 0.746. The van der Waals surface area contributed by atoms with Crippen molar-refractivity contribution < 1.29 is 14.3 Å². The SMILES string of the molecule is Cc1nc(NC(=O)CSc2nnc(COc3ccc(Cl)cc3Cl)n2C)sc1C(=O)N(C)C. The summed E-state index contributed by atoms with van der Waals surface area (Å²) in [5.41, 5.74) is 0.579. The maximum absolute atomic E-state index is 12.3. The first-order chi connectivity index (χ1) is 15.2. The lowest BCUT2D eigenvalue weighted by Crippen LogP contribution is -2.21. The highest BCUT2D eigenvalue weighted by molar-refractivity contribution is 7.99. The first kappa shape index (κ1) is 24.3. The molecule has 0 aliphatic heterocycles. The molecule has 1 aromatic carbocycles. The Bertz CT molecular complexity index is 1150. The third kappa shape index (κ3) is 5.91. The Morgan fingerprint density at radius 3 is 2.72 bits per heavy atom. The normalized spacial score (nSPS) is 10.8. The zero-order chi connectivity index (χ0) is 23.4. The number of thiazole rings is 1. The predicted octanol–water partition coefficient (Wildman–Crippen LogP) is 3.90. The fraction of sp³-hybridized carbons (Fsp3) is 0.316. The van der Waals surface area contributed by atoms with Crippen LogP contribution in [-0.4, -0.2) is 56.3 Å². The van der Waals surface area contributed by atoms with Crippen LogP contribution in [0.3, 0.4) is 0 Å². The summed E-state index contributed by atoms with van der Waals surface area (Å²) < 4.78 is 7.43. The van der Waals surface area contributed by atoms with Crippen LogP contribution in [0, 0.1) is 6.92 Å². The molecule has 0 fully saturated rings. The number of rotatable bonds is 8. The predicted molar refractivity (Wildman–Crippen MR) is 126 cm³/mol. The number of carbonyl (C=O) groups excluding carboxylic acids is 2. The van der Waals surface area contributed by atoms with Gasteiger partial charge in [0.25, 0.3) is 5.91 Å². The minimum Gasteiger partial charge on any atom is -0.484 e. The molecule has 0 saturated heterocycles. The molecule has 13 heteroatoms. The van der Waals surface area contributed by atoms with Crippen LogP contribution in [0.25, 0.3) is 0 Å². The first-order valence-electron chi connectivity index (χ1n) is 9.23. The van der Waals surface area contributed by atoms with Gasteiger partial charge < -0.3 is 19.5 Å². The second-order valence-electron chi connectivity index (χ2n) is 6.79. The number of carbonyl (C=O) groups is 2. The lowest BCUT2D eigenvalue weighted by Gasteiger charge is -2.08. The van der Waals surface area contributed by atoms with Gasteiger partial charge in [-0.2, -0.15) is 0 Å². The molecule has 0 spiro atoms. The van der Waals surface area contributed by atoms with E-state index < -0.39 is 0 Å². The van der Waals surface area contributed by atoms with E-state index in [4.69, 9.17) is 27.9 Å². The van der Waals surface area contributed by atoms with Crippen LogP contribution in [0.4, 0.5) is 5.13 Å². The number of nitrogens with zero attached hydrogens (tertiary/aromatic N) is 5. The Labute approximate surface area is 203 Å². The van der Waals surface area contributed by atoms with Crippen LogP contribution >= 0.6 is 46.3 Å². The molecular formula is C19H20Cl2N6O3S2. The molecule has 0 atom stereocenters. The van der Waals surface area contributed by atoms with Gasteiger partial charge in [-0.3, -0.25) is 9.59 Å². The monoisotopic (exact) mass is 514 g/mol. The number of halogens is 2. The van der Waals surface area contributed by atoms with Crippen LogP contribution in [0.2, 0.25) is 10.0 Å². The van der Waals surface area contributed by atoms with Crippen LogP contribution in [0.5, 0.6) is 5.75 Å². The fourth-order valence-corrected chi connectivity index (χ4v) is 4.66. The van der Waals surface area contributed by atoms with E-state index in [2.05, 4.69) is 20.5 Å². The summed E-state index contributed by atoms with van der Waals surface area (Å²) >= 11 is 14.4. The molecule has 170 valence electrons. The summed E-state index contributed by atoms with van der Waals surface area (Å²) in [6.45, 7) is 1.89. The molecule has 2 heterocycles. The summed E-state index contributed by atoms with van der Waals surface area (Å²) in [6.07, 6.45) is 0. The molecular weight excluding hydrogens is 495 g/mol. The maximum Gasteiger partial charge on any atom is 0.265 e. The van der Waals surface area contributed by atoms with Crippen molar-refractivity contribution in [3.63, 3.8) is 0 Å². The van der Waals surface area contributed by atoms with Crippen molar-refractivity contribution in [1.29, 1.82) is 0 Å². The molecule has 0 saturated carbocycles. The third-order valence-corrected chi connectivity index (χ3v) is 6.76. The number of amides is 2. The van der Waals surface area contributed by atoms with E-state index in [1.807, 2.05) is 0 Å². The van der Waals surface area contributed by atoms with E-state index in [0.29, 0.717) is 42.5 Å². The van der Waals surface area contributed by atoms with Gasteiger partial charge in [0.1, 0.15) is 17.2 Å². The molecule has 0 aliphatic rings. The molecule has 9 nitrogen and oxygen atoms in total. The van der Waals surface area contributed by atoms with Gasteiger partial charge in [-0.05, 0) is 25.1 Å². The highest BCUT2D eigenvalue weighted by atomic mass is 35.5. The average molecular weight is 515 g/mol. The Balaban J connectivity index is 1.55. The van der Waals surface area contributed by atoms with Gasteiger partial charge in [-0.15, -0.1) is 10.2 Å². The van der Waals surface area contributed by atoms with Crippen molar-refractivity contribution in [1.82, 2.24) is 24.6 Å². The topological polar surface area (TPSA) is 102 Å². The van der Waals surface area contributed by atoms with Crippen molar-refractivity contribution in [2.75, 3.05) is 25.2 Å². The quantitative estimate of drug-likeness (QED) is 0.454. The van der Waals surface area contributed by atoms with Gasteiger partial charge in [0.15, 0.2) is 16.1 Å². The van der Waals surface area contributed by atoms with Gasteiger partial charge in [0.05, 0.1) is 16.5 Å². The average Bonchev–Trinajstić information content (AvgIpc) is 3.27. The molecule has 0 radical (unpaired) electrons. The minimum absolute atomic E-state index is 0.103. The van der Waals surface area contributed by atoms with E-state index >= 15 is 0 Å². The van der Waals surface area contributed by atoms with Gasteiger partial charge >= 0.3 is 0 Å². The van der Waals surface area contributed by atoms with Crippen LogP contribution in [-0.2, 0) is 18.4 Å². The number of aryl methyl sites for hydroxylation is 1. The van der Waals surface area contributed by atoms with Gasteiger partial charge in [-0.1, -0.05) is 46.3 Å². The molecule has 0 bridgehead atoms. The van der Waals surface area contributed by atoms with E-state index in [1.165, 1.54) is 16.7 Å². The van der Waals surface area contributed by atoms with Crippen molar-refractivity contribution in [2.45, 2.75) is 18.7 Å². The maximum atomic E-state index is 12.3. The number of hydrogen-bond acceptors (Lipinski definition) is 8. The number of benzene rings is 1. The van der Waals surface area contributed by atoms with Crippen molar-refractivity contribution in [3.05, 3.63) is 44.6 Å². The Morgan fingerprint density at radius 2 is 2.03 bits per heavy atom. The molecule has 2 aromatic heterocycles. The summed E-state index contributed by atoms with van der Waals surface area (Å²) in [6, 6.07) is 4.96. The number of hydrogen-bond donors (Lipinski definition) is 1. The number of thioether (sulfide) groups is 1. The summed E-state index contributed by atoms with van der Waals surface area (Å²) in [7, 11) is 5.12. The van der Waals surface area contributed by atoms with Gasteiger partial charge in [0.2, 0.25) is 5.91 Å². The van der Waals surface area contributed by atoms with Crippen LogP contribution in [0.15, 0.2) is 23.4 Å². The molecule has 32 heavy (non-hydrogen) atoms. The smallest absolute Gasteiger partial charge is 0.265 e. The Hall–Kier alpha value is -2.34. The van der Waals surface area contributed by atoms with Crippen molar-refractivity contribution >= 4 is 63.2 Å². The zero-order valence-electron chi connectivity index (χ0n) is 17.7. The number of aromatic nitrogens is 4.